The third kappa shape index (κ3) is 52.6. The maximum Gasteiger partial charge on any atom is 0.326 e. The van der Waals surface area contributed by atoms with Gasteiger partial charge in [0.15, 0.2) is 11.6 Å². The van der Waals surface area contributed by atoms with Crippen LogP contribution in [0, 0.1) is 23.2 Å². The molecule has 1 heterocycles. The standard InChI is InChI=1S/C61H106N6O20.C12H19N3O2/c1-4-46(52(72)41-66-57(45(3)69)58(62)77)22-19-20-30-63-54(74)29-26-51(61(82)83)67-55(75)28-25-48(60(80)81)40-50(71)42-86-37-35-85-34-32-65-56(76)43-87-38-36-84-33-31-64-53(73)27-24-47(59(78)79)39-49(70)23-18-16-14-12-10-8-6-5-7-9-11-13-15-17-21-44(2)68;1-8(16)12(2,3)5-11(17)10(13)4-9-6-14-7-15-9/h45-48,51,57,66,69H,4-43H2,1-3H3,(H2,62,77)(H,63,74)(H,64,73)(H,65,76)(H,67,75)(H,78,79)(H,80,81)(H,82,83);6-7,10H,4-5,13H2,1-3H3,(H,14,15)/t45-,46+,47-,48-,51+,57+;10-/m10/s1. The first-order valence-electron chi connectivity index (χ1n) is 37.0. The molecule has 0 saturated carbocycles. The van der Waals surface area contributed by atoms with Gasteiger partial charge in [0.1, 0.15) is 48.4 Å². The van der Waals surface area contributed by atoms with Crippen LogP contribution < -0.4 is 38.1 Å². The maximum atomic E-state index is 12.6. The molecule has 1 rings (SSSR count). The molecular formula is C73H125N9O22. The number of nitrogens with one attached hydrogen (secondary N) is 6. The molecule has 31 heteroatoms. The van der Waals surface area contributed by atoms with Crippen molar-refractivity contribution >= 4 is 82.1 Å². The zero-order valence-corrected chi connectivity index (χ0v) is 62.6. The third-order valence-electron chi connectivity index (χ3n) is 17.5. The van der Waals surface area contributed by atoms with Gasteiger partial charge < -0.3 is 81.9 Å². The lowest BCUT2D eigenvalue weighted by Gasteiger charge is -2.21. The molecule has 0 fully saturated rings. The zero-order chi connectivity index (χ0) is 78.1. The summed E-state index contributed by atoms with van der Waals surface area (Å²) in [6, 6.07) is -3.08. The van der Waals surface area contributed by atoms with Crippen LogP contribution in [0.5, 0.6) is 0 Å². The summed E-state index contributed by atoms with van der Waals surface area (Å²) in [4.78, 5) is 175. The van der Waals surface area contributed by atoms with Crippen LogP contribution in [0.25, 0.3) is 0 Å². The van der Waals surface area contributed by atoms with Gasteiger partial charge in [-0.3, -0.25) is 62.9 Å². The van der Waals surface area contributed by atoms with Gasteiger partial charge in [0.05, 0.1) is 76.5 Å². The largest absolute Gasteiger partial charge is 0.481 e. The zero-order valence-electron chi connectivity index (χ0n) is 62.6. The number of carbonyl (C=O) groups excluding carboxylic acids is 11. The van der Waals surface area contributed by atoms with E-state index in [-0.39, 0.29) is 158 Å². The topological polar surface area (TPSA) is 498 Å². The van der Waals surface area contributed by atoms with E-state index in [2.05, 4.69) is 36.6 Å². The molecule has 104 heavy (non-hydrogen) atoms. The van der Waals surface area contributed by atoms with Crippen molar-refractivity contribution in [1.29, 1.82) is 0 Å². The second-order valence-corrected chi connectivity index (χ2v) is 27.2. The van der Waals surface area contributed by atoms with Crippen molar-refractivity contribution in [3.63, 3.8) is 0 Å². The van der Waals surface area contributed by atoms with Gasteiger partial charge in [0, 0.05) is 101 Å². The molecule has 31 nitrogen and oxygen atoms in total. The van der Waals surface area contributed by atoms with Crippen LogP contribution in [-0.2, 0) is 92.5 Å². The van der Waals surface area contributed by atoms with E-state index in [0.717, 1.165) is 44.2 Å². The van der Waals surface area contributed by atoms with Crippen molar-refractivity contribution in [3.8, 4) is 0 Å². The van der Waals surface area contributed by atoms with Crippen molar-refractivity contribution < 1.29 is 106 Å². The summed E-state index contributed by atoms with van der Waals surface area (Å²) in [6.07, 6.45) is 20.1. The molecule has 1 aromatic rings. The normalized spacial score (nSPS) is 13.3. The van der Waals surface area contributed by atoms with Gasteiger partial charge in [0.25, 0.3) is 0 Å². The highest BCUT2D eigenvalue weighted by Crippen LogP contribution is 2.23. The fraction of sp³-hybridized carbons (Fsp3) is 0.767. The monoisotopic (exact) mass is 1480 g/mol. The summed E-state index contributed by atoms with van der Waals surface area (Å²) in [6.45, 7) is 10.2. The Morgan fingerprint density at radius 3 is 1.50 bits per heavy atom. The van der Waals surface area contributed by atoms with Gasteiger partial charge in [-0.05, 0) is 72.1 Å². The minimum absolute atomic E-state index is 0.000379. The first kappa shape index (κ1) is 96.7. The molecule has 14 N–H and O–H groups in total. The Kier molecular flexibility index (Phi) is 55.7. The Hall–Kier alpha value is -7.29. The molecule has 0 aromatic carbocycles. The van der Waals surface area contributed by atoms with E-state index in [9.17, 15) is 87.5 Å². The summed E-state index contributed by atoms with van der Waals surface area (Å²) < 4.78 is 21.4. The van der Waals surface area contributed by atoms with Gasteiger partial charge in [-0.1, -0.05) is 104 Å². The van der Waals surface area contributed by atoms with Gasteiger partial charge in [-0.25, -0.2) is 9.78 Å². The molecular weight excluding hydrogens is 1350 g/mol. The van der Waals surface area contributed by atoms with Crippen LogP contribution in [0.15, 0.2) is 12.5 Å². The number of aliphatic hydroxyl groups excluding tert-OH is 1. The Morgan fingerprint density at radius 2 is 1.02 bits per heavy atom. The molecule has 7 atom stereocenters. The number of Topliss-reactive ketones (excluding diaryl/α,β-unsaturated/α-hetero) is 6. The number of ether oxygens (including phenoxy) is 4. The lowest BCUT2D eigenvalue weighted by atomic mass is 9.82. The van der Waals surface area contributed by atoms with E-state index in [4.69, 9.17) is 30.4 Å². The second-order valence-electron chi connectivity index (χ2n) is 27.2. The number of nitrogens with zero attached hydrogens (tertiary/aromatic N) is 1. The number of aliphatic carboxylic acids is 3. The van der Waals surface area contributed by atoms with E-state index in [1.807, 2.05) is 6.92 Å². The highest BCUT2D eigenvalue weighted by Gasteiger charge is 2.31. The highest BCUT2D eigenvalue weighted by atomic mass is 16.5. The van der Waals surface area contributed by atoms with Crippen LogP contribution >= 0.6 is 0 Å². The first-order chi connectivity index (χ1) is 49.4. The Balaban J connectivity index is 0.00000541. The number of H-pyrrole nitrogens is 1. The number of primary amides is 1. The Labute approximate surface area is 613 Å². The molecule has 594 valence electrons. The molecule has 0 aliphatic rings. The van der Waals surface area contributed by atoms with E-state index >= 15 is 0 Å². The quantitative estimate of drug-likeness (QED) is 0.0386. The average molecular weight is 1480 g/mol. The minimum atomic E-state index is -1.43. The number of aromatic nitrogens is 2. The molecule has 0 spiro atoms. The molecule has 5 amide bonds. The number of aromatic amines is 1. The number of ketones is 6. The molecule has 0 radical (unpaired) electrons. The highest BCUT2D eigenvalue weighted by molar-refractivity contribution is 5.92. The van der Waals surface area contributed by atoms with Crippen LogP contribution in [-0.4, -0.2) is 216 Å². The number of hydrogen-bond acceptors (Lipinski definition) is 22. The second kappa shape index (κ2) is 59.9. The van der Waals surface area contributed by atoms with Crippen LogP contribution in [0.1, 0.15) is 233 Å². The van der Waals surface area contributed by atoms with Crippen LogP contribution in [0.4, 0.5) is 0 Å². The van der Waals surface area contributed by atoms with E-state index < -0.39 is 108 Å². The number of aliphatic hydroxyl groups is 1. The number of unbranched alkanes of at least 4 members (excludes halogenated alkanes) is 14. The van der Waals surface area contributed by atoms with E-state index in [1.165, 1.54) is 65.2 Å². The number of imidazole rings is 1. The smallest absolute Gasteiger partial charge is 0.326 e. The van der Waals surface area contributed by atoms with E-state index in [0.29, 0.717) is 44.9 Å². The van der Waals surface area contributed by atoms with Crippen molar-refractivity contribution in [3.05, 3.63) is 18.2 Å². The molecule has 0 aliphatic heterocycles. The number of rotatable bonds is 68. The Bertz CT molecular complexity index is 2690. The van der Waals surface area contributed by atoms with Crippen LogP contribution in [0.2, 0.25) is 0 Å². The fourth-order valence-corrected chi connectivity index (χ4v) is 10.7. The predicted molar refractivity (Wildman–Crippen MR) is 385 cm³/mol. The number of carboxylic acid groups (broad SMARTS) is 3. The van der Waals surface area contributed by atoms with Gasteiger partial charge >= 0.3 is 17.9 Å². The number of carboxylic acids is 3. The summed E-state index contributed by atoms with van der Waals surface area (Å²) >= 11 is 0. The van der Waals surface area contributed by atoms with E-state index in [1.54, 1.807) is 33.3 Å². The minimum Gasteiger partial charge on any atom is -0.481 e. The number of nitrogens with two attached hydrogens (primary N) is 2. The molecule has 0 bridgehead atoms. The lowest BCUT2D eigenvalue weighted by molar-refractivity contribution is -0.145. The molecule has 1 aromatic heterocycles. The molecule has 0 aliphatic carbocycles. The van der Waals surface area contributed by atoms with Crippen molar-refractivity contribution in [2.45, 2.75) is 258 Å². The lowest BCUT2D eigenvalue weighted by Crippen LogP contribution is -2.50. The molecule has 0 unspecified atom stereocenters. The summed E-state index contributed by atoms with van der Waals surface area (Å²) in [5, 5.41) is 51.5. The molecule has 0 saturated heterocycles. The summed E-state index contributed by atoms with van der Waals surface area (Å²) in [7, 11) is 0. The van der Waals surface area contributed by atoms with Gasteiger partial charge in [-0.2, -0.15) is 0 Å². The number of hydrogen-bond donors (Lipinski definition) is 12. The van der Waals surface area contributed by atoms with Crippen molar-refractivity contribution in [1.82, 2.24) is 36.6 Å². The average Bonchev–Trinajstić information content (AvgIpc) is 1.25. The van der Waals surface area contributed by atoms with Gasteiger partial charge in [0.2, 0.25) is 29.5 Å². The Morgan fingerprint density at radius 1 is 0.538 bits per heavy atom. The maximum absolute atomic E-state index is 12.6. The third-order valence-corrected chi connectivity index (χ3v) is 17.5. The van der Waals surface area contributed by atoms with Crippen molar-refractivity contribution in [2.75, 3.05) is 79.0 Å². The predicted octanol–water partition coefficient (Wildman–Crippen LogP) is 4.91. The van der Waals surface area contributed by atoms with Crippen molar-refractivity contribution in [2.24, 2.45) is 34.6 Å². The van der Waals surface area contributed by atoms with Crippen LogP contribution in [0.3, 0.4) is 0 Å². The van der Waals surface area contributed by atoms with Gasteiger partial charge in [-0.15, -0.1) is 0 Å². The summed E-state index contributed by atoms with van der Waals surface area (Å²) in [5.41, 5.74) is 11.2. The first-order valence-corrected chi connectivity index (χ1v) is 37.0. The fourth-order valence-electron chi connectivity index (χ4n) is 10.7. The number of carbonyl (C=O) groups is 14. The SMILES string of the molecule is CC(=O)C(C)(C)CC(=O)[C@@H](N)Cc1cnc[nH]1.CC[C@@H](CCCCNC(=O)CC[C@H](NC(=O)CC[C@H](CC(=O)COCCOCCNC(=O)COCCOCCNC(=O)CC[C@H](CC(=O)CCCCCCCCCCCCCCCCC(C)=O)C(=O)O)C(=O)O)C(=O)O)C(=O)CN[C@H](C(N)=O)[C@@H](C)O. The summed E-state index contributed by atoms with van der Waals surface area (Å²) in [5.74, 6) is -9.70. The number of amides is 5.